The number of amides is 1. The maximum Gasteiger partial charge on any atom is 0.255 e. The van der Waals surface area contributed by atoms with Crippen molar-refractivity contribution in [1.82, 2.24) is 15.5 Å². The van der Waals surface area contributed by atoms with Crippen molar-refractivity contribution in [3.05, 3.63) is 77.1 Å². The second-order valence-corrected chi connectivity index (χ2v) is 5.45. The highest BCUT2D eigenvalue weighted by atomic mass is 16.1. The molecule has 0 aliphatic carbocycles. The third kappa shape index (κ3) is 3.18. The number of nitrogens with one attached hydrogen (secondary N) is 2. The van der Waals surface area contributed by atoms with Gasteiger partial charge in [-0.1, -0.05) is 42.5 Å². The Labute approximate surface area is 140 Å². The molecule has 0 fully saturated rings. The van der Waals surface area contributed by atoms with Crippen LogP contribution in [-0.4, -0.2) is 16.1 Å². The van der Waals surface area contributed by atoms with Gasteiger partial charge >= 0.3 is 0 Å². The molecule has 0 radical (unpaired) electrons. The Morgan fingerprint density at radius 3 is 2.62 bits per heavy atom. The lowest BCUT2D eigenvalue weighted by Gasteiger charge is -2.07. The Morgan fingerprint density at radius 1 is 1.21 bits per heavy atom. The number of benzene rings is 2. The molecule has 1 heterocycles. The van der Waals surface area contributed by atoms with Crippen molar-refractivity contribution in [2.24, 2.45) is 0 Å². The summed E-state index contributed by atoms with van der Waals surface area (Å²) >= 11 is 0. The number of aromatic nitrogens is 2. The summed E-state index contributed by atoms with van der Waals surface area (Å²) < 4.78 is 0. The molecule has 3 rings (SSSR count). The van der Waals surface area contributed by atoms with Gasteiger partial charge in [-0.3, -0.25) is 9.89 Å². The van der Waals surface area contributed by atoms with Crippen LogP contribution in [0.5, 0.6) is 0 Å². The van der Waals surface area contributed by atoms with E-state index in [0.717, 1.165) is 22.4 Å². The van der Waals surface area contributed by atoms with Gasteiger partial charge in [0.2, 0.25) is 0 Å². The number of hydrogen-bond donors (Lipinski definition) is 2. The van der Waals surface area contributed by atoms with Gasteiger partial charge in [0.15, 0.2) is 0 Å². The summed E-state index contributed by atoms with van der Waals surface area (Å²) in [6, 6.07) is 17.5. The number of aromatic amines is 1. The van der Waals surface area contributed by atoms with E-state index in [-0.39, 0.29) is 5.91 Å². The van der Waals surface area contributed by atoms with E-state index >= 15 is 0 Å². The maximum absolute atomic E-state index is 12.1. The lowest BCUT2D eigenvalue weighted by atomic mass is 9.99. The third-order valence-electron chi connectivity index (χ3n) is 3.84. The van der Waals surface area contributed by atoms with Crippen LogP contribution in [0.25, 0.3) is 11.1 Å². The van der Waals surface area contributed by atoms with Crippen LogP contribution in [0.2, 0.25) is 0 Å². The fourth-order valence-electron chi connectivity index (χ4n) is 2.49. The zero-order valence-electron chi connectivity index (χ0n) is 13.2. The first-order valence-corrected chi connectivity index (χ1v) is 7.55. The number of H-pyrrole nitrogens is 1. The molecule has 1 aromatic heterocycles. The van der Waals surface area contributed by atoms with Crippen molar-refractivity contribution in [1.29, 1.82) is 5.26 Å². The number of aryl methyl sites for hydroxylation is 1. The van der Waals surface area contributed by atoms with E-state index in [1.165, 1.54) is 6.20 Å². The fourth-order valence-corrected chi connectivity index (χ4v) is 2.49. The molecule has 0 bridgehead atoms. The Morgan fingerprint density at radius 2 is 1.96 bits per heavy atom. The lowest BCUT2D eigenvalue weighted by Crippen LogP contribution is -2.23. The Bertz CT molecular complexity index is 904. The Kier molecular flexibility index (Phi) is 4.39. The molecule has 5 nitrogen and oxygen atoms in total. The molecule has 24 heavy (non-hydrogen) atoms. The number of carbonyl (C=O) groups is 1. The van der Waals surface area contributed by atoms with Crippen molar-refractivity contribution in [3.8, 4) is 17.2 Å². The average Bonchev–Trinajstić information content (AvgIpc) is 3.06. The quantitative estimate of drug-likeness (QED) is 0.775. The van der Waals surface area contributed by atoms with E-state index in [1.807, 2.05) is 49.4 Å². The predicted octanol–water partition coefficient (Wildman–Crippen LogP) is 3.19. The first kappa shape index (κ1) is 15.5. The van der Waals surface area contributed by atoms with Crippen LogP contribution in [0.15, 0.2) is 54.7 Å². The van der Waals surface area contributed by atoms with Crippen LogP contribution in [-0.2, 0) is 6.54 Å². The highest BCUT2D eigenvalue weighted by molar-refractivity contribution is 5.94. The van der Waals surface area contributed by atoms with E-state index in [4.69, 9.17) is 0 Å². The molecular formula is C19H16N4O. The first-order valence-electron chi connectivity index (χ1n) is 7.55. The van der Waals surface area contributed by atoms with Gasteiger partial charge in [0.1, 0.15) is 0 Å². The summed E-state index contributed by atoms with van der Waals surface area (Å²) in [5.74, 6) is -0.153. The second kappa shape index (κ2) is 6.80. The number of hydrogen-bond acceptors (Lipinski definition) is 3. The number of rotatable bonds is 4. The molecule has 2 aromatic carbocycles. The van der Waals surface area contributed by atoms with Gasteiger partial charge < -0.3 is 5.32 Å². The monoisotopic (exact) mass is 316 g/mol. The Balaban J connectivity index is 1.70. The zero-order chi connectivity index (χ0) is 16.9. The summed E-state index contributed by atoms with van der Waals surface area (Å²) in [6.07, 6.45) is 1.52. The topological polar surface area (TPSA) is 81.6 Å². The fraction of sp³-hybridized carbons (Fsp3) is 0.105. The molecular weight excluding hydrogens is 300 g/mol. The number of carbonyl (C=O) groups excluding carboxylic acids is 1. The average molecular weight is 316 g/mol. The van der Waals surface area contributed by atoms with Gasteiger partial charge in [0, 0.05) is 12.2 Å². The van der Waals surface area contributed by atoms with Crippen LogP contribution in [0, 0.1) is 18.3 Å². The molecule has 1 amide bonds. The van der Waals surface area contributed by atoms with E-state index in [0.29, 0.717) is 17.7 Å². The first-order chi connectivity index (χ1) is 11.7. The molecule has 2 N–H and O–H groups in total. The predicted molar refractivity (Wildman–Crippen MR) is 91.1 cm³/mol. The highest BCUT2D eigenvalue weighted by Gasteiger charge is 2.10. The van der Waals surface area contributed by atoms with E-state index < -0.39 is 0 Å². The molecule has 3 aromatic rings. The van der Waals surface area contributed by atoms with Crippen molar-refractivity contribution in [2.75, 3.05) is 0 Å². The van der Waals surface area contributed by atoms with Crippen molar-refractivity contribution >= 4 is 5.91 Å². The van der Waals surface area contributed by atoms with Crippen LogP contribution >= 0.6 is 0 Å². The lowest BCUT2D eigenvalue weighted by molar-refractivity contribution is 0.0950. The van der Waals surface area contributed by atoms with Gasteiger partial charge in [-0.25, -0.2) is 0 Å². The van der Waals surface area contributed by atoms with Crippen LogP contribution < -0.4 is 5.32 Å². The summed E-state index contributed by atoms with van der Waals surface area (Å²) in [4.78, 5) is 12.1. The largest absolute Gasteiger partial charge is 0.348 e. The normalized spacial score (nSPS) is 10.2. The molecule has 0 unspecified atom stereocenters. The van der Waals surface area contributed by atoms with Crippen LogP contribution in [0.1, 0.15) is 27.2 Å². The van der Waals surface area contributed by atoms with Gasteiger partial charge in [0.05, 0.1) is 23.4 Å². The molecule has 5 heteroatoms. The van der Waals surface area contributed by atoms with E-state index in [1.54, 1.807) is 6.07 Å². The second-order valence-electron chi connectivity index (χ2n) is 5.45. The van der Waals surface area contributed by atoms with Crippen molar-refractivity contribution in [3.63, 3.8) is 0 Å². The summed E-state index contributed by atoms with van der Waals surface area (Å²) in [5.41, 5.74) is 4.82. The molecule has 0 atom stereocenters. The molecule has 0 saturated carbocycles. The summed E-state index contributed by atoms with van der Waals surface area (Å²) in [5, 5.41) is 18.7. The SMILES string of the molecule is Cc1[nH]ncc1C(=O)NCc1ccc(-c2ccccc2C#N)cc1. The standard InChI is InChI=1S/C19H16N4O/c1-13-18(12-22-23-13)19(24)21-11-14-6-8-15(9-7-14)17-5-3-2-4-16(17)10-20/h2-9,12H,11H2,1H3,(H,21,24)(H,22,23). The van der Waals surface area contributed by atoms with Gasteiger partial charge in [-0.05, 0) is 29.7 Å². The molecule has 0 aliphatic heterocycles. The van der Waals surface area contributed by atoms with Crippen molar-refractivity contribution < 1.29 is 4.79 Å². The minimum Gasteiger partial charge on any atom is -0.348 e. The van der Waals surface area contributed by atoms with E-state index in [2.05, 4.69) is 21.6 Å². The molecule has 0 spiro atoms. The molecule has 118 valence electrons. The number of nitriles is 1. The molecule has 0 saturated heterocycles. The zero-order valence-corrected chi connectivity index (χ0v) is 13.2. The maximum atomic E-state index is 12.1. The number of nitrogens with zero attached hydrogens (tertiary/aromatic N) is 2. The van der Waals surface area contributed by atoms with Crippen LogP contribution in [0.3, 0.4) is 0 Å². The van der Waals surface area contributed by atoms with Gasteiger partial charge in [-0.2, -0.15) is 10.4 Å². The van der Waals surface area contributed by atoms with Gasteiger partial charge in [-0.15, -0.1) is 0 Å². The van der Waals surface area contributed by atoms with Crippen LogP contribution in [0.4, 0.5) is 0 Å². The molecule has 0 aliphatic rings. The van der Waals surface area contributed by atoms with Gasteiger partial charge in [0.25, 0.3) is 5.91 Å². The third-order valence-corrected chi connectivity index (χ3v) is 3.84. The van der Waals surface area contributed by atoms with E-state index in [9.17, 15) is 10.1 Å². The highest BCUT2D eigenvalue weighted by Crippen LogP contribution is 2.23. The minimum absolute atomic E-state index is 0.153. The minimum atomic E-state index is -0.153. The van der Waals surface area contributed by atoms with Crippen molar-refractivity contribution in [2.45, 2.75) is 13.5 Å². The smallest absolute Gasteiger partial charge is 0.255 e. The summed E-state index contributed by atoms with van der Waals surface area (Å²) in [6.45, 7) is 2.24. The Hall–Kier alpha value is -3.39. The summed E-state index contributed by atoms with van der Waals surface area (Å²) in [7, 11) is 0.